The van der Waals surface area contributed by atoms with Crippen molar-refractivity contribution in [3.05, 3.63) is 23.8 Å². The Morgan fingerprint density at radius 1 is 1.06 bits per heavy atom. The van der Waals surface area contributed by atoms with Crippen LogP contribution in [0.25, 0.3) is 0 Å². The quantitative estimate of drug-likeness (QED) is 0.663. The van der Waals surface area contributed by atoms with Crippen LogP contribution in [-0.2, 0) is 6.54 Å². The molecule has 0 spiro atoms. The number of hydrogen-bond acceptors (Lipinski definition) is 5. The van der Waals surface area contributed by atoms with Crippen molar-refractivity contribution in [2.24, 2.45) is 0 Å². The van der Waals surface area contributed by atoms with Crippen molar-refractivity contribution in [3.8, 4) is 11.5 Å². The first-order valence-electron chi connectivity index (χ1n) is 5.75. The van der Waals surface area contributed by atoms with Crippen molar-refractivity contribution >= 4 is 0 Å². The first-order chi connectivity index (χ1) is 8.56. The minimum atomic E-state index is -0.698. The third-order valence-electron chi connectivity index (χ3n) is 2.83. The zero-order valence-electron chi connectivity index (χ0n) is 11.1. The van der Waals surface area contributed by atoms with E-state index < -0.39 is 5.54 Å². The van der Waals surface area contributed by atoms with E-state index in [1.165, 1.54) is 0 Å². The summed E-state index contributed by atoms with van der Waals surface area (Å²) >= 11 is 0. The average Bonchev–Trinajstić information content (AvgIpc) is 2.44. The van der Waals surface area contributed by atoms with Gasteiger partial charge in [0.05, 0.1) is 33.0 Å². The number of rotatable bonds is 7. The molecule has 0 amide bonds. The molecule has 102 valence electrons. The summed E-state index contributed by atoms with van der Waals surface area (Å²) in [5.41, 5.74) is 0.260. The smallest absolute Gasteiger partial charge is 0.122 e. The van der Waals surface area contributed by atoms with Crippen LogP contribution in [0.4, 0.5) is 0 Å². The molecule has 1 aromatic rings. The molecule has 0 saturated heterocycles. The van der Waals surface area contributed by atoms with Crippen LogP contribution in [0.1, 0.15) is 12.5 Å². The van der Waals surface area contributed by atoms with Crippen molar-refractivity contribution in [3.63, 3.8) is 0 Å². The molecule has 0 aliphatic carbocycles. The van der Waals surface area contributed by atoms with Gasteiger partial charge in [0, 0.05) is 12.6 Å². The van der Waals surface area contributed by atoms with Crippen LogP contribution in [0.2, 0.25) is 0 Å². The number of methoxy groups -OCH3 is 2. The number of aliphatic hydroxyl groups is 2. The second-order valence-corrected chi connectivity index (χ2v) is 4.45. The third-order valence-corrected chi connectivity index (χ3v) is 2.83. The SMILES string of the molecule is COc1cc(CNC(C)(CO)CO)cc(OC)c1. The van der Waals surface area contributed by atoms with E-state index in [2.05, 4.69) is 5.32 Å². The molecule has 0 aromatic heterocycles. The summed E-state index contributed by atoms with van der Waals surface area (Å²) < 4.78 is 10.4. The molecular weight excluding hydrogens is 234 g/mol. The molecule has 0 bridgehead atoms. The molecule has 1 aromatic carbocycles. The maximum Gasteiger partial charge on any atom is 0.122 e. The van der Waals surface area contributed by atoms with Crippen LogP contribution in [0.5, 0.6) is 11.5 Å². The maximum absolute atomic E-state index is 9.19. The molecule has 0 fully saturated rings. The molecule has 0 radical (unpaired) electrons. The Morgan fingerprint density at radius 2 is 1.56 bits per heavy atom. The van der Waals surface area contributed by atoms with Crippen molar-refractivity contribution in [2.45, 2.75) is 19.0 Å². The summed E-state index contributed by atoms with van der Waals surface area (Å²) in [4.78, 5) is 0. The first kappa shape index (κ1) is 14.8. The Morgan fingerprint density at radius 3 is 1.94 bits per heavy atom. The van der Waals surface area contributed by atoms with Gasteiger partial charge in [-0.3, -0.25) is 0 Å². The number of ether oxygens (including phenoxy) is 2. The van der Waals surface area contributed by atoms with E-state index in [0.29, 0.717) is 18.0 Å². The summed E-state index contributed by atoms with van der Waals surface area (Å²) in [6.07, 6.45) is 0. The Bertz CT molecular complexity index is 355. The predicted octanol–water partition coefficient (Wildman–Crippen LogP) is 0.537. The monoisotopic (exact) mass is 255 g/mol. The van der Waals surface area contributed by atoms with E-state index in [4.69, 9.17) is 9.47 Å². The molecule has 0 aliphatic heterocycles. The zero-order chi connectivity index (χ0) is 13.6. The minimum Gasteiger partial charge on any atom is -0.497 e. The molecule has 5 heteroatoms. The predicted molar refractivity (Wildman–Crippen MR) is 69.0 cm³/mol. The molecule has 0 heterocycles. The molecule has 5 nitrogen and oxygen atoms in total. The Balaban J connectivity index is 2.78. The van der Waals surface area contributed by atoms with Gasteiger partial charge in [-0.15, -0.1) is 0 Å². The maximum atomic E-state index is 9.19. The topological polar surface area (TPSA) is 71.0 Å². The summed E-state index contributed by atoms with van der Waals surface area (Å²) in [5, 5.41) is 21.5. The standard InChI is InChI=1S/C13H21NO4/c1-13(8-15,9-16)14-7-10-4-11(17-2)6-12(5-10)18-3/h4-6,14-16H,7-9H2,1-3H3. The lowest BCUT2D eigenvalue weighted by molar-refractivity contribution is 0.103. The highest BCUT2D eigenvalue weighted by molar-refractivity contribution is 5.38. The van der Waals surface area contributed by atoms with Crippen LogP contribution >= 0.6 is 0 Å². The van der Waals surface area contributed by atoms with E-state index in [9.17, 15) is 10.2 Å². The fraction of sp³-hybridized carbons (Fsp3) is 0.538. The fourth-order valence-corrected chi connectivity index (χ4v) is 1.45. The lowest BCUT2D eigenvalue weighted by Gasteiger charge is -2.26. The van der Waals surface area contributed by atoms with Crippen molar-refractivity contribution in [1.29, 1.82) is 0 Å². The molecular formula is C13H21NO4. The van der Waals surface area contributed by atoms with Gasteiger partial charge in [-0.25, -0.2) is 0 Å². The van der Waals surface area contributed by atoms with Gasteiger partial charge in [0.15, 0.2) is 0 Å². The summed E-state index contributed by atoms with van der Waals surface area (Å²) in [5.74, 6) is 1.42. The van der Waals surface area contributed by atoms with Crippen molar-refractivity contribution in [1.82, 2.24) is 5.32 Å². The summed E-state index contributed by atoms with van der Waals surface area (Å²) in [7, 11) is 3.19. The number of hydrogen-bond donors (Lipinski definition) is 3. The van der Waals surface area contributed by atoms with Gasteiger partial charge in [0.2, 0.25) is 0 Å². The van der Waals surface area contributed by atoms with Crippen molar-refractivity contribution < 1.29 is 19.7 Å². The van der Waals surface area contributed by atoms with Gasteiger partial charge in [-0.1, -0.05) is 0 Å². The molecule has 0 atom stereocenters. The normalized spacial score (nSPS) is 11.4. The molecule has 1 rings (SSSR count). The van der Waals surface area contributed by atoms with Gasteiger partial charge < -0.3 is 25.0 Å². The van der Waals surface area contributed by atoms with Gasteiger partial charge in [0.1, 0.15) is 11.5 Å². The molecule has 0 aliphatic rings. The van der Waals surface area contributed by atoms with Gasteiger partial charge >= 0.3 is 0 Å². The van der Waals surface area contributed by atoms with Gasteiger partial charge in [-0.05, 0) is 24.6 Å². The Kier molecular flexibility index (Phi) is 5.40. The summed E-state index contributed by atoms with van der Waals surface area (Å²) in [6.45, 7) is 1.99. The van der Waals surface area contributed by atoms with E-state index in [1.807, 2.05) is 12.1 Å². The minimum absolute atomic E-state index is 0.134. The Labute approximate surface area is 107 Å². The second kappa shape index (κ2) is 6.58. The van der Waals surface area contributed by atoms with E-state index >= 15 is 0 Å². The number of benzene rings is 1. The van der Waals surface area contributed by atoms with Gasteiger partial charge in [-0.2, -0.15) is 0 Å². The molecule has 0 unspecified atom stereocenters. The van der Waals surface area contributed by atoms with Crippen LogP contribution < -0.4 is 14.8 Å². The van der Waals surface area contributed by atoms with Crippen LogP contribution in [0.3, 0.4) is 0 Å². The highest BCUT2D eigenvalue weighted by Gasteiger charge is 2.21. The highest BCUT2D eigenvalue weighted by Crippen LogP contribution is 2.22. The van der Waals surface area contributed by atoms with Crippen LogP contribution in [-0.4, -0.2) is 43.2 Å². The first-order valence-corrected chi connectivity index (χ1v) is 5.75. The van der Waals surface area contributed by atoms with Crippen LogP contribution in [0.15, 0.2) is 18.2 Å². The third kappa shape index (κ3) is 3.87. The zero-order valence-corrected chi connectivity index (χ0v) is 11.1. The highest BCUT2D eigenvalue weighted by atomic mass is 16.5. The lowest BCUT2D eigenvalue weighted by Crippen LogP contribution is -2.48. The fourth-order valence-electron chi connectivity index (χ4n) is 1.45. The number of aliphatic hydroxyl groups excluding tert-OH is 2. The lowest BCUT2D eigenvalue weighted by atomic mass is 10.0. The molecule has 0 saturated carbocycles. The van der Waals surface area contributed by atoms with E-state index in [1.54, 1.807) is 27.2 Å². The number of nitrogens with one attached hydrogen (secondary N) is 1. The molecule has 3 N–H and O–H groups in total. The Hall–Kier alpha value is -1.30. The van der Waals surface area contributed by atoms with E-state index in [0.717, 1.165) is 5.56 Å². The average molecular weight is 255 g/mol. The van der Waals surface area contributed by atoms with Crippen LogP contribution in [0, 0.1) is 0 Å². The largest absolute Gasteiger partial charge is 0.497 e. The van der Waals surface area contributed by atoms with E-state index in [-0.39, 0.29) is 13.2 Å². The van der Waals surface area contributed by atoms with Crippen molar-refractivity contribution in [2.75, 3.05) is 27.4 Å². The van der Waals surface area contributed by atoms with Gasteiger partial charge in [0.25, 0.3) is 0 Å². The summed E-state index contributed by atoms with van der Waals surface area (Å²) in [6, 6.07) is 5.55. The second-order valence-electron chi connectivity index (χ2n) is 4.45. The molecule has 18 heavy (non-hydrogen) atoms.